The van der Waals surface area contributed by atoms with E-state index in [0.717, 1.165) is 12.1 Å². The van der Waals surface area contributed by atoms with Gasteiger partial charge in [0.05, 0.1) is 5.69 Å². The third kappa shape index (κ3) is 3.42. The Morgan fingerprint density at radius 3 is 2.32 bits per heavy atom. The molecule has 0 fully saturated rings. The number of hydrogen-bond acceptors (Lipinski definition) is 3. The fourth-order valence-corrected chi connectivity index (χ4v) is 1.73. The van der Waals surface area contributed by atoms with E-state index < -0.39 is 5.66 Å². The number of hydrogen-bond donors (Lipinski definition) is 0. The van der Waals surface area contributed by atoms with E-state index in [4.69, 9.17) is 0 Å². The van der Waals surface area contributed by atoms with Gasteiger partial charge in [0, 0.05) is 0 Å². The van der Waals surface area contributed by atoms with Crippen LogP contribution in [0.1, 0.15) is 6.42 Å². The van der Waals surface area contributed by atoms with Crippen LogP contribution in [0.3, 0.4) is 0 Å². The minimum absolute atomic E-state index is 0.548. The molecule has 0 amide bonds. The molecule has 0 N–H and O–H groups in total. The van der Waals surface area contributed by atoms with Crippen molar-refractivity contribution in [3.63, 3.8) is 0 Å². The van der Waals surface area contributed by atoms with Crippen molar-refractivity contribution in [3.8, 4) is 0 Å². The van der Waals surface area contributed by atoms with Gasteiger partial charge in [-0.2, -0.15) is 0 Å². The summed E-state index contributed by atoms with van der Waals surface area (Å²) in [5.41, 5.74) is 0.212. The van der Waals surface area contributed by atoms with E-state index in [1.807, 2.05) is 61.5 Å². The average Bonchev–Trinajstić information content (AvgIpc) is 2.46. The number of allylic oxidation sites excluding steroid dienone is 2. The highest BCUT2D eigenvalue weighted by Crippen LogP contribution is 2.23. The van der Waals surface area contributed by atoms with E-state index in [-0.39, 0.29) is 0 Å². The molecule has 0 aromatic heterocycles. The van der Waals surface area contributed by atoms with Crippen LogP contribution in [0.4, 0.5) is 5.69 Å². The van der Waals surface area contributed by atoms with Crippen molar-refractivity contribution in [2.75, 3.05) is 14.1 Å². The molecule has 1 aliphatic carbocycles. The fourth-order valence-electron chi connectivity index (χ4n) is 1.73. The molecular weight excluding hydrogens is 238 g/mol. The van der Waals surface area contributed by atoms with E-state index in [1.54, 1.807) is 0 Å². The van der Waals surface area contributed by atoms with Crippen LogP contribution >= 0.6 is 0 Å². The third-order valence-corrected chi connectivity index (χ3v) is 2.88. The molecular formula is C14H17N5. The van der Waals surface area contributed by atoms with E-state index in [9.17, 15) is 0 Å². The molecule has 0 bridgehead atoms. The lowest BCUT2D eigenvalue weighted by Gasteiger charge is -2.30. The van der Waals surface area contributed by atoms with Crippen molar-refractivity contribution in [2.45, 2.75) is 12.1 Å². The van der Waals surface area contributed by atoms with Gasteiger partial charge in [0.25, 0.3) is 0 Å². The van der Waals surface area contributed by atoms with E-state index >= 15 is 0 Å². The Bertz CT molecular complexity index is 502. The molecule has 98 valence electrons. The maximum absolute atomic E-state index is 4.25. The van der Waals surface area contributed by atoms with Crippen molar-refractivity contribution in [2.24, 2.45) is 20.7 Å². The largest absolute Gasteiger partial charge is 0.277 e. The Kier molecular flexibility index (Phi) is 4.30. The maximum Gasteiger partial charge on any atom is 0.173 e. The zero-order valence-corrected chi connectivity index (χ0v) is 11.1. The number of benzene rings is 1. The van der Waals surface area contributed by atoms with Crippen LogP contribution < -0.4 is 0 Å². The topological polar surface area (TPSA) is 52.7 Å². The highest BCUT2D eigenvalue weighted by Gasteiger charge is 2.27. The zero-order chi connectivity index (χ0) is 13.6. The summed E-state index contributed by atoms with van der Waals surface area (Å²) in [7, 11) is 3.90. The normalized spacial score (nSPS) is 17.8. The first kappa shape index (κ1) is 13.3. The van der Waals surface area contributed by atoms with Gasteiger partial charge in [0.15, 0.2) is 5.66 Å². The Labute approximate surface area is 113 Å². The number of nitrogens with zero attached hydrogens (tertiary/aromatic N) is 5. The fraction of sp³-hybridized carbons (Fsp3) is 0.286. The molecule has 1 aliphatic rings. The van der Waals surface area contributed by atoms with Crippen LogP contribution in [0.5, 0.6) is 0 Å². The second-order valence-electron chi connectivity index (χ2n) is 4.43. The summed E-state index contributed by atoms with van der Waals surface area (Å²) in [6, 6.07) is 9.46. The lowest BCUT2D eigenvalue weighted by Crippen LogP contribution is -2.39. The molecule has 0 spiro atoms. The highest BCUT2D eigenvalue weighted by atomic mass is 15.5. The Morgan fingerprint density at radius 2 is 1.68 bits per heavy atom. The molecule has 0 saturated heterocycles. The summed E-state index contributed by atoms with van der Waals surface area (Å²) >= 11 is 0. The average molecular weight is 255 g/mol. The van der Waals surface area contributed by atoms with Gasteiger partial charge in [-0.3, -0.25) is 4.90 Å². The standard InChI is InChI=1S/C14H17N5/c1-19(2)14(11-7-4-8-12-14)16-18-17-15-13-9-5-3-6-10-13/h3,5-12H,4H2,1-2H3. The molecule has 2 rings (SSSR count). The molecule has 0 unspecified atom stereocenters. The minimum atomic E-state index is -0.548. The van der Waals surface area contributed by atoms with Crippen LogP contribution in [0.15, 0.2) is 75.3 Å². The Balaban J connectivity index is 2.08. The van der Waals surface area contributed by atoms with Crippen LogP contribution in [-0.2, 0) is 0 Å². The molecule has 0 radical (unpaired) electrons. The lowest BCUT2D eigenvalue weighted by molar-refractivity contribution is 0.258. The molecule has 0 saturated carbocycles. The number of rotatable bonds is 4. The van der Waals surface area contributed by atoms with Crippen molar-refractivity contribution < 1.29 is 0 Å². The lowest BCUT2D eigenvalue weighted by atomic mass is 10.0. The monoisotopic (exact) mass is 255 g/mol. The second-order valence-corrected chi connectivity index (χ2v) is 4.43. The van der Waals surface area contributed by atoms with Crippen LogP contribution in [0.25, 0.3) is 0 Å². The predicted octanol–water partition coefficient (Wildman–Crippen LogP) is 3.91. The first-order chi connectivity index (χ1) is 9.23. The van der Waals surface area contributed by atoms with Crippen LogP contribution in [0.2, 0.25) is 0 Å². The Hall–Kier alpha value is -2.14. The first-order valence-electron chi connectivity index (χ1n) is 6.14. The van der Waals surface area contributed by atoms with Crippen molar-refractivity contribution in [3.05, 3.63) is 54.6 Å². The van der Waals surface area contributed by atoms with Gasteiger partial charge in [-0.05, 0) is 55.2 Å². The predicted molar refractivity (Wildman–Crippen MR) is 75.1 cm³/mol. The molecule has 0 aliphatic heterocycles. The van der Waals surface area contributed by atoms with Gasteiger partial charge in [0.2, 0.25) is 0 Å². The summed E-state index contributed by atoms with van der Waals surface area (Å²) < 4.78 is 0. The quantitative estimate of drug-likeness (QED) is 0.457. The first-order valence-corrected chi connectivity index (χ1v) is 6.14. The second kappa shape index (κ2) is 6.15. The highest BCUT2D eigenvalue weighted by molar-refractivity contribution is 5.34. The summed E-state index contributed by atoms with van der Waals surface area (Å²) in [6.07, 6.45) is 9.07. The van der Waals surface area contributed by atoms with Gasteiger partial charge >= 0.3 is 0 Å². The molecule has 0 heterocycles. The zero-order valence-electron chi connectivity index (χ0n) is 11.1. The molecule has 1 aromatic carbocycles. The summed E-state index contributed by atoms with van der Waals surface area (Å²) in [6.45, 7) is 0. The SMILES string of the molecule is CN(C)C1(N=NN=Nc2ccccc2)C=CCC=C1. The van der Waals surface area contributed by atoms with Crippen LogP contribution in [0, 0.1) is 0 Å². The maximum atomic E-state index is 4.25. The van der Waals surface area contributed by atoms with Gasteiger partial charge in [-0.15, -0.1) is 10.2 Å². The molecule has 19 heavy (non-hydrogen) atoms. The van der Waals surface area contributed by atoms with Gasteiger partial charge in [0.1, 0.15) is 0 Å². The van der Waals surface area contributed by atoms with Crippen LogP contribution in [-0.4, -0.2) is 24.7 Å². The van der Waals surface area contributed by atoms with Crippen molar-refractivity contribution in [1.82, 2.24) is 4.90 Å². The van der Waals surface area contributed by atoms with Crippen molar-refractivity contribution in [1.29, 1.82) is 0 Å². The summed E-state index contributed by atoms with van der Waals surface area (Å²) in [4.78, 5) is 1.97. The molecule has 5 heteroatoms. The van der Waals surface area contributed by atoms with E-state index in [0.29, 0.717) is 0 Å². The van der Waals surface area contributed by atoms with E-state index in [2.05, 4.69) is 32.8 Å². The van der Waals surface area contributed by atoms with Crippen molar-refractivity contribution >= 4 is 5.69 Å². The molecule has 5 nitrogen and oxygen atoms in total. The summed E-state index contributed by atoms with van der Waals surface area (Å²) in [5.74, 6) is 0. The summed E-state index contributed by atoms with van der Waals surface area (Å²) in [5, 5.41) is 15.8. The van der Waals surface area contributed by atoms with Gasteiger partial charge in [-0.25, -0.2) is 0 Å². The molecule has 0 atom stereocenters. The Morgan fingerprint density at radius 1 is 1.00 bits per heavy atom. The van der Waals surface area contributed by atoms with E-state index in [1.165, 1.54) is 0 Å². The smallest absolute Gasteiger partial charge is 0.173 e. The van der Waals surface area contributed by atoms with Gasteiger partial charge in [-0.1, -0.05) is 30.4 Å². The third-order valence-electron chi connectivity index (χ3n) is 2.88. The van der Waals surface area contributed by atoms with Gasteiger partial charge < -0.3 is 0 Å². The molecule has 1 aromatic rings. The minimum Gasteiger partial charge on any atom is -0.277 e. The number of likely N-dealkylation sites (N-methyl/N-ethyl adjacent to an activating group) is 1.